The van der Waals surface area contributed by atoms with Crippen LogP contribution in [0.1, 0.15) is 0 Å². The van der Waals surface area contributed by atoms with Gasteiger partial charge in [0.25, 0.3) is 5.91 Å². The number of nitrogens with zero attached hydrogens (tertiary/aromatic N) is 1. The highest BCUT2D eigenvalue weighted by Gasteiger charge is 2.15. The lowest BCUT2D eigenvalue weighted by atomic mass is 10.2. The van der Waals surface area contributed by atoms with E-state index in [4.69, 9.17) is 10.5 Å². The van der Waals surface area contributed by atoms with Gasteiger partial charge in [-0.2, -0.15) is 0 Å². The van der Waals surface area contributed by atoms with Gasteiger partial charge in [-0.25, -0.2) is 4.98 Å². The Balaban J connectivity index is 2.14. The van der Waals surface area contributed by atoms with Crippen LogP contribution in [-0.2, 0) is 9.53 Å². The van der Waals surface area contributed by atoms with E-state index in [1.165, 1.54) is 7.11 Å². The van der Waals surface area contributed by atoms with Gasteiger partial charge in [-0.3, -0.25) is 4.79 Å². The summed E-state index contributed by atoms with van der Waals surface area (Å²) in [6, 6.07) is 7.51. The molecule has 0 fully saturated rings. The van der Waals surface area contributed by atoms with Gasteiger partial charge in [0.1, 0.15) is 11.1 Å². The molecule has 3 N–H and O–H groups in total. The second-order valence-electron chi connectivity index (χ2n) is 3.87. The Bertz CT molecular complexity index is 539. The van der Waals surface area contributed by atoms with E-state index in [0.29, 0.717) is 5.69 Å². The van der Waals surface area contributed by atoms with Crippen molar-refractivity contribution in [3.8, 4) is 10.6 Å². The van der Waals surface area contributed by atoms with E-state index in [0.717, 1.165) is 10.6 Å². The first-order valence-corrected chi connectivity index (χ1v) is 6.66. The first-order valence-electron chi connectivity index (χ1n) is 5.78. The number of carbonyl (C=O) groups excluding carboxylic acids is 1. The van der Waals surface area contributed by atoms with Crippen molar-refractivity contribution in [2.24, 2.45) is 5.73 Å². The summed E-state index contributed by atoms with van der Waals surface area (Å²) < 4.78 is 4.99. The summed E-state index contributed by atoms with van der Waals surface area (Å²) in [5, 5.41) is 5.61. The van der Waals surface area contributed by atoms with Crippen LogP contribution in [0.2, 0.25) is 0 Å². The molecule has 5 nitrogen and oxygen atoms in total. The summed E-state index contributed by atoms with van der Waals surface area (Å²) in [5.74, 6) is -0.249. The van der Waals surface area contributed by atoms with E-state index in [1.54, 1.807) is 17.5 Å². The number of ether oxygens (including phenoxy) is 1. The van der Waals surface area contributed by atoms with Crippen molar-refractivity contribution < 1.29 is 9.53 Å². The molecule has 1 atom stereocenters. The van der Waals surface area contributed by atoms with Crippen LogP contribution >= 0.6 is 11.3 Å². The number of methoxy groups -OCH3 is 1. The van der Waals surface area contributed by atoms with E-state index in [-0.39, 0.29) is 12.5 Å². The number of thiazole rings is 1. The number of nitrogens with one attached hydrogen (secondary N) is 1. The number of rotatable bonds is 5. The molecule has 0 aliphatic carbocycles. The highest BCUT2D eigenvalue weighted by molar-refractivity contribution is 7.13. The smallest absolute Gasteiger partial charge is 0.254 e. The predicted molar refractivity (Wildman–Crippen MR) is 76.0 cm³/mol. The number of benzene rings is 1. The topological polar surface area (TPSA) is 77.2 Å². The summed E-state index contributed by atoms with van der Waals surface area (Å²) >= 11 is 1.55. The van der Waals surface area contributed by atoms with Gasteiger partial charge in [0.2, 0.25) is 0 Å². The molecule has 1 heterocycles. The first kappa shape index (κ1) is 13.7. The van der Waals surface area contributed by atoms with Crippen LogP contribution in [-0.4, -0.2) is 30.6 Å². The molecule has 6 heteroatoms. The van der Waals surface area contributed by atoms with Crippen LogP contribution < -0.4 is 11.1 Å². The molecule has 0 spiro atoms. The lowest BCUT2D eigenvalue weighted by Gasteiger charge is -2.13. The van der Waals surface area contributed by atoms with Crippen molar-refractivity contribution in [3.05, 3.63) is 35.8 Å². The van der Waals surface area contributed by atoms with Gasteiger partial charge in [0, 0.05) is 36.5 Å². The van der Waals surface area contributed by atoms with Crippen molar-refractivity contribution >= 4 is 22.9 Å². The second kappa shape index (κ2) is 6.42. The van der Waals surface area contributed by atoms with Gasteiger partial charge < -0.3 is 15.8 Å². The Morgan fingerprint density at radius 1 is 1.58 bits per heavy atom. The largest absolute Gasteiger partial charge is 0.370 e. The second-order valence-corrected chi connectivity index (χ2v) is 4.76. The van der Waals surface area contributed by atoms with Crippen LogP contribution in [0.25, 0.3) is 10.6 Å². The number of aromatic nitrogens is 1. The molecule has 19 heavy (non-hydrogen) atoms. The molecule has 1 aromatic heterocycles. The summed E-state index contributed by atoms with van der Waals surface area (Å²) in [6.07, 6.45) is 1.11. The van der Waals surface area contributed by atoms with Crippen molar-refractivity contribution in [3.63, 3.8) is 0 Å². The van der Waals surface area contributed by atoms with Crippen molar-refractivity contribution in [2.75, 3.05) is 19.0 Å². The molecule has 2 rings (SSSR count). The minimum atomic E-state index is -0.636. The molecular formula is C13H15N3O2S. The lowest BCUT2D eigenvalue weighted by Crippen LogP contribution is -2.35. The van der Waals surface area contributed by atoms with Gasteiger partial charge in [-0.05, 0) is 12.1 Å². The Labute approximate surface area is 115 Å². The van der Waals surface area contributed by atoms with Gasteiger partial charge in [0.05, 0.1) is 0 Å². The molecule has 2 aromatic rings. The molecular weight excluding hydrogens is 262 g/mol. The first-order chi connectivity index (χ1) is 9.24. The molecule has 1 unspecified atom stereocenters. The highest BCUT2D eigenvalue weighted by Crippen LogP contribution is 2.24. The molecule has 1 amide bonds. The van der Waals surface area contributed by atoms with Crippen molar-refractivity contribution in [1.82, 2.24) is 4.98 Å². The maximum atomic E-state index is 11.8. The lowest BCUT2D eigenvalue weighted by molar-refractivity contribution is -0.125. The minimum Gasteiger partial charge on any atom is -0.370 e. The summed E-state index contributed by atoms with van der Waals surface area (Å²) in [6.45, 7) is 0.147. The van der Waals surface area contributed by atoms with E-state index in [9.17, 15) is 4.79 Å². The zero-order valence-electron chi connectivity index (χ0n) is 10.5. The normalized spacial score (nSPS) is 12.1. The summed E-state index contributed by atoms with van der Waals surface area (Å²) in [4.78, 5) is 16.1. The number of nitrogens with two attached hydrogens (primary N) is 1. The summed E-state index contributed by atoms with van der Waals surface area (Å²) in [5.41, 5.74) is 7.12. The molecule has 0 aliphatic rings. The number of hydrogen-bond donors (Lipinski definition) is 2. The Morgan fingerprint density at radius 2 is 2.42 bits per heavy atom. The van der Waals surface area contributed by atoms with Crippen molar-refractivity contribution in [2.45, 2.75) is 6.10 Å². The maximum absolute atomic E-state index is 11.8. The number of anilines is 1. The quantitative estimate of drug-likeness (QED) is 0.872. The molecule has 0 radical (unpaired) electrons. The fourth-order valence-electron chi connectivity index (χ4n) is 1.63. The van der Waals surface area contributed by atoms with Gasteiger partial charge in [0.15, 0.2) is 0 Å². The predicted octanol–water partition coefficient (Wildman–Crippen LogP) is 1.72. The molecule has 0 saturated heterocycles. The van der Waals surface area contributed by atoms with Crippen LogP contribution in [0.4, 0.5) is 5.69 Å². The van der Waals surface area contributed by atoms with Crippen LogP contribution in [0, 0.1) is 0 Å². The van der Waals surface area contributed by atoms with E-state index in [1.807, 2.05) is 29.6 Å². The van der Waals surface area contributed by atoms with Crippen molar-refractivity contribution in [1.29, 1.82) is 0 Å². The van der Waals surface area contributed by atoms with Gasteiger partial charge >= 0.3 is 0 Å². The average molecular weight is 277 g/mol. The maximum Gasteiger partial charge on any atom is 0.254 e. The van der Waals surface area contributed by atoms with Gasteiger partial charge in [-0.15, -0.1) is 11.3 Å². The molecule has 100 valence electrons. The third-order valence-electron chi connectivity index (χ3n) is 2.60. The Hall–Kier alpha value is -1.76. The highest BCUT2D eigenvalue weighted by atomic mass is 32.1. The Kier molecular flexibility index (Phi) is 4.62. The van der Waals surface area contributed by atoms with E-state index >= 15 is 0 Å². The SMILES string of the molecule is COC(CN)C(=O)Nc1cccc(-c2nccs2)c1. The molecule has 0 bridgehead atoms. The number of hydrogen-bond acceptors (Lipinski definition) is 5. The molecule has 0 saturated carbocycles. The van der Waals surface area contributed by atoms with Gasteiger partial charge in [-0.1, -0.05) is 12.1 Å². The van der Waals surface area contributed by atoms with E-state index in [2.05, 4.69) is 10.3 Å². The zero-order chi connectivity index (χ0) is 13.7. The standard InChI is InChI=1S/C13H15N3O2S/c1-18-11(8-14)12(17)16-10-4-2-3-9(7-10)13-15-5-6-19-13/h2-7,11H,8,14H2,1H3,(H,16,17). The fraction of sp³-hybridized carbons (Fsp3) is 0.231. The number of amides is 1. The Morgan fingerprint density at radius 3 is 3.05 bits per heavy atom. The minimum absolute atomic E-state index is 0.147. The number of carbonyl (C=O) groups is 1. The molecule has 1 aromatic carbocycles. The summed E-state index contributed by atoms with van der Waals surface area (Å²) in [7, 11) is 1.46. The molecule has 0 aliphatic heterocycles. The van der Waals surface area contributed by atoms with Crippen LogP contribution in [0.3, 0.4) is 0 Å². The monoisotopic (exact) mass is 277 g/mol. The van der Waals surface area contributed by atoms with Crippen LogP contribution in [0.15, 0.2) is 35.8 Å². The zero-order valence-corrected chi connectivity index (χ0v) is 11.3. The van der Waals surface area contributed by atoms with E-state index < -0.39 is 6.10 Å². The van der Waals surface area contributed by atoms with Crippen LogP contribution in [0.5, 0.6) is 0 Å². The fourth-order valence-corrected chi connectivity index (χ4v) is 2.26. The third kappa shape index (κ3) is 3.37. The average Bonchev–Trinajstić information content (AvgIpc) is 2.94. The third-order valence-corrected chi connectivity index (χ3v) is 3.42.